The molecular formula is C21H23N5O3S2. The van der Waals surface area contributed by atoms with Crippen molar-refractivity contribution in [1.82, 2.24) is 15.2 Å². The van der Waals surface area contributed by atoms with E-state index in [0.29, 0.717) is 15.7 Å². The van der Waals surface area contributed by atoms with E-state index in [2.05, 4.69) is 20.5 Å². The third-order valence-corrected chi connectivity index (χ3v) is 7.26. The predicted molar refractivity (Wildman–Crippen MR) is 121 cm³/mol. The zero-order valence-electron chi connectivity index (χ0n) is 17.0. The van der Waals surface area contributed by atoms with Gasteiger partial charge in [0.1, 0.15) is 10.3 Å². The second-order valence-electron chi connectivity index (χ2n) is 7.04. The highest BCUT2D eigenvalue weighted by atomic mass is 32.2. The van der Waals surface area contributed by atoms with Crippen molar-refractivity contribution in [3.63, 3.8) is 0 Å². The zero-order valence-corrected chi connectivity index (χ0v) is 18.6. The maximum Gasteiger partial charge on any atom is 0.341 e. The van der Waals surface area contributed by atoms with E-state index in [-0.39, 0.29) is 24.4 Å². The number of ether oxygens (including phenoxy) is 1. The van der Waals surface area contributed by atoms with Crippen molar-refractivity contribution >= 4 is 45.9 Å². The van der Waals surface area contributed by atoms with Gasteiger partial charge in [-0.2, -0.15) is 4.98 Å². The van der Waals surface area contributed by atoms with E-state index in [9.17, 15) is 9.59 Å². The number of nitrogens with zero attached hydrogens (tertiary/aromatic N) is 2. The maximum absolute atomic E-state index is 13.4. The summed E-state index contributed by atoms with van der Waals surface area (Å²) < 4.78 is 5.29. The molecule has 1 aliphatic carbocycles. The maximum atomic E-state index is 13.4. The molecule has 1 aromatic carbocycles. The summed E-state index contributed by atoms with van der Waals surface area (Å²) in [6, 6.07) is 9.38. The van der Waals surface area contributed by atoms with Crippen LogP contribution in [0.25, 0.3) is 0 Å². The van der Waals surface area contributed by atoms with Crippen LogP contribution in [-0.2, 0) is 22.4 Å². The lowest BCUT2D eigenvalue weighted by Gasteiger charge is -2.16. The number of hydrogen-bond donors (Lipinski definition) is 3. The number of aromatic nitrogens is 3. The van der Waals surface area contributed by atoms with Gasteiger partial charge in [-0.15, -0.1) is 16.4 Å². The van der Waals surface area contributed by atoms with E-state index in [1.54, 1.807) is 6.92 Å². The molecule has 0 aliphatic heterocycles. The van der Waals surface area contributed by atoms with Crippen molar-refractivity contribution in [2.75, 3.05) is 17.7 Å². The third-order valence-electron chi connectivity index (χ3n) is 4.93. The Kier molecular flexibility index (Phi) is 6.57. The van der Waals surface area contributed by atoms with Crippen molar-refractivity contribution in [1.29, 1.82) is 0 Å². The molecule has 0 radical (unpaired) electrons. The molecule has 0 saturated carbocycles. The Balaban J connectivity index is 1.65. The quantitative estimate of drug-likeness (QED) is 0.362. The summed E-state index contributed by atoms with van der Waals surface area (Å²) in [5.41, 5.74) is 7.94. The van der Waals surface area contributed by atoms with Gasteiger partial charge in [0.25, 0.3) is 0 Å². The lowest BCUT2D eigenvalue weighted by Crippen LogP contribution is -2.20. The summed E-state index contributed by atoms with van der Waals surface area (Å²) in [6.45, 7) is 2.06. The lowest BCUT2D eigenvalue weighted by atomic mass is 9.95. The highest BCUT2D eigenvalue weighted by Crippen LogP contribution is 2.40. The SMILES string of the molecule is CCOC(=O)c1c(NC(=O)C(Sc2n[nH]c(N)n2)c2ccccc2)sc2c1CCCC2. The summed E-state index contributed by atoms with van der Waals surface area (Å²) in [5, 5.41) is 9.93. The van der Waals surface area contributed by atoms with Gasteiger partial charge in [0.15, 0.2) is 0 Å². The van der Waals surface area contributed by atoms with Crippen LogP contribution in [0.15, 0.2) is 35.5 Å². The number of aryl methyl sites for hydroxylation is 1. The Morgan fingerprint density at radius 1 is 1.29 bits per heavy atom. The van der Waals surface area contributed by atoms with Crippen LogP contribution in [-0.4, -0.2) is 33.7 Å². The first kappa shape index (κ1) is 21.4. The minimum absolute atomic E-state index is 0.185. The van der Waals surface area contributed by atoms with Crippen molar-refractivity contribution in [3.8, 4) is 0 Å². The summed E-state index contributed by atoms with van der Waals surface area (Å²) in [7, 11) is 0. The highest BCUT2D eigenvalue weighted by molar-refractivity contribution is 8.00. The van der Waals surface area contributed by atoms with Gasteiger partial charge in [-0.1, -0.05) is 42.1 Å². The monoisotopic (exact) mass is 457 g/mol. The minimum Gasteiger partial charge on any atom is -0.462 e. The van der Waals surface area contributed by atoms with E-state index in [1.165, 1.54) is 23.1 Å². The van der Waals surface area contributed by atoms with E-state index in [0.717, 1.165) is 41.7 Å². The number of anilines is 2. The standard InChI is InChI=1S/C21H23N5O3S2/c1-2-29-19(28)15-13-10-6-7-11-14(13)30-18(15)23-17(27)16(12-8-4-3-5-9-12)31-21-24-20(22)25-26-21/h3-5,8-9,16H,2,6-7,10-11H2,1H3,(H,23,27)(H3,22,24,25,26). The molecule has 4 rings (SSSR count). The van der Waals surface area contributed by atoms with Gasteiger partial charge in [-0.25, -0.2) is 9.89 Å². The van der Waals surface area contributed by atoms with Gasteiger partial charge in [0.2, 0.25) is 17.0 Å². The molecule has 2 aromatic heterocycles. The molecule has 10 heteroatoms. The Morgan fingerprint density at radius 3 is 2.77 bits per heavy atom. The van der Waals surface area contributed by atoms with Gasteiger partial charge in [0.05, 0.1) is 12.2 Å². The molecule has 8 nitrogen and oxygen atoms in total. The molecule has 0 bridgehead atoms. The summed E-state index contributed by atoms with van der Waals surface area (Å²) in [6.07, 6.45) is 3.84. The molecule has 162 valence electrons. The van der Waals surface area contributed by atoms with E-state index in [4.69, 9.17) is 10.5 Å². The smallest absolute Gasteiger partial charge is 0.341 e. The zero-order chi connectivity index (χ0) is 21.8. The van der Waals surface area contributed by atoms with Crippen LogP contribution in [0.1, 0.15) is 51.4 Å². The molecule has 31 heavy (non-hydrogen) atoms. The molecule has 0 saturated heterocycles. The predicted octanol–water partition coefficient (Wildman–Crippen LogP) is 3.98. The van der Waals surface area contributed by atoms with Crippen LogP contribution < -0.4 is 11.1 Å². The molecule has 2 heterocycles. The highest BCUT2D eigenvalue weighted by Gasteiger charge is 2.30. The largest absolute Gasteiger partial charge is 0.462 e. The Labute approximate surface area is 188 Å². The molecule has 4 N–H and O–H groups in total. The van der Waals surface area contributed by atoms with E-state index >= 15 is 0 Å². The molecule has 3 aromatic rings. The molecular weight excluding hydrogens is 434 g/mol. The number of carbonyl (C=O) groups excluding carboxylic acids is 2. The molecule has 1 atom stereocenters. The van der Waals surface area contributed by atoms with Crippen molar-refractivity contribution in [3.05, 3.63) is 51.9 Å². The fourth-order valence-corrected chi connectivity index (χ4v) is 5.77. The number of thiophene rings is 1. The number of thioether (sulfide) groups is 1. The van der Waals surface area contributed by atoms with Gasteiger partial charge in [-0.05, 0) is 43.7 Å². The molecule has 1 amide bonds. The average Bonchev–Trinajstić information content (AvgIpc) is 3.35. The Morgan fingerprint density at radius 2 is 2.06 bits per heavy atom. The van der Waals surface area contributed by atoms with Crippen molar-refractivity contribution < 1.29 is 14.3 Å². The number of fused-ring (bicyclic) bond motifs is 1. The van der Waals surface area contributed by atoms with Crippen LogP contribution in [0.2, 0.25) is 0 Å². The van der Waals surface area contributed by atoms with Crippen LogP contribution in [0.5, 0.6) is 0 Å². The van der Waals surface area contributed by atoms with Crippen LogP contribution in [0.4, 0.5) is 10.9 Å². The van der Waals surface area contributed by atoms with Gasteiger partial charge in [-0.3, -0.25) is 4.79 Å². The van der Waals surface area contributed by atoms with E-state index in [1.807, 2.05) is 30.3 Å². The first-order chi connectivity index (χ1) is 15.1. The second-order valence-corrected chi connectivity index (χ2v) is 9.21. The lowest BCUT2D eigenvalue weighted by molar-refractivity contribution is -0.115. The van der Waals surface area contributed by atoms with Crippen molar-refractivity contribution in [2.45, 2.75) is 43.0 Å². The number of carbonyl (C=O) groups is 2. The number of nitrogens with one attached hydrogen (secondary N) is 2. The van der Waals surface area contributed by atoms with Gasteiger partial charge in [0, 0.05) is 4.88 Å². The number of benzene rings is 1. The topological polar surface area (TPSA) is 123 Å². The second kappa shape index (κ2) is 9.52. The number of nitrogen functional groups attached to an aromatic ring is 1. The first-order valence-corrected chi connectivity index (χ1v) is 11.8. The fourth-order valence-electron chi connectivity index (χ4n) is 3.57. The van der Waals surface area contributed by atoms with Crippen LogP contribution >= 0.6 is 23.1 Å². The summed E-state index contributed by atoms with van der Waals surface area (Å²) >= 11 is 2.66. The normalized spacial score (nSPS) is 14.0. The Hall–Kier alpha value is -2.85. The minimum atomic E-state index is -0.620. The number of aromatic amines is 1. The fraction of sp³-hybridized carbons (Fsp3) is 0.333. The van der Waals surface area contributed by atoms with Crippen LogP contribution in [0, 0.1) is 0 Å². The average molecular weight is 458 g/mol. The number of rotatable bonds is 7. The number of hydrogen-bond acceptors (Lipinski definition) is 8. The third kappa shape index (κ3) is 4.75. The number of esters is 1. The van der Waals surface area contributed by atoms with Crippen molar-refractivity contribution in [2.24, 2.45) is 0 Å². The molecule has 0 spiro atoms. The van der Waals surface area contributed by atoms with Crippen LogP contribution in [0.3, 0.4) is 0 Å². The summed E-state index contributed by atoms with van der Waals surface area (Å²) in [4.78, 5) is 31.4. The Bertz CT molecular complexity index is 1080. The molecule has 1 aliphatic rings. The number of amides is 1. The summed E-state index contributed by atoms with van der Waals surface area (Å²) in [5.74, 6) is -0.461. The van der Waals surface area contributed by atoms with Gasteiger partial charge < -0.3 is 15.8 Å². The van der Waals surface area contributed by atoms with E-state index < -0.39 is 5.25 Å². The molecule has 0 fully saturated rings. The first-order valence-electron chi connectivity index (χ1n) is 10.1. The molecule has 1 unspecified atom stereocenters. The number of nitrogens with two attached hydrogens (primary N) is 1. The number of H-pyrrole nitrogens is 1. The van der Waals surface area contributed by atoms with Gasteiger partial charge >= 0.3 is 5.97 Å².